The predicted molar refractivity (Wildman–Crippen MR) is 71.5 cm³/mol. The summed E-state index contributed by atoms with van der Waals surface area (Å²) in [6.07, 6.45) is 1.19. The van der Waals surface area contributed by atoms with Crippen LogP contribution in [0, 0.1) is 0 Å². The molecule has 0 spiro atoms. The Morgan fingerprint density at radius 3 is 2.81 bits per heavy atom. The summed E-state index contributed by atoms with van der Waals surface area (Å²) in [5.74, 6) is 0.579. The molecule has 1 aromatic rings. The van der Waals surface area contributed by atoms with Gasteiger partial charge in [-0.15, -0.1) is 0 Å². The topological polar surface area (TPSA) is 15.3 Å². The first-order chi connectivity index (χ1) is 7.65. The maximum Gasteiger partial charge on any atom is 0.0637 e. The molecule has 1 aromatic carbocycles. The van der Waals surface area contributed by atoms with Crippen molar-refractivity contribution in [3.05, 3.63) is 23.8 Å². The number of nitrogens with one attached hydrogen (secondary N) is 1. The first-order valence-corrected chi connectivity index (χ1v) is 6.24. The van der Waals surface area contributed by atoms with E-state index in [1.54, 1.807) is 0 Å². The van der Waals surface area contributed by atoms with E-state index in [2.05, 4.69) is 56.2 Å². The van der Waals surface area contributed by atoms with Crippen molar-refractivity contribution < 1.29 is 0 Å². The second-order valence-electron chi connectivity index (χ2n) is 4.95. The number of hydrogen-bond acceptors (Lipinski definition) is 2. The standard InChI is InChI=1S/C14H22N2/c1-5-11-9-15-13-8-6-7-12(10(2)3)14(13)16(11)4/h6-8,10-11,15H,5,9H2,1-4H3. The molecule has 2 heteroatoms. The summed E-state index contributed by atoms with van der Waals surface area (Å²) in [6.45, 7) is 7.84. The third-order valence-corrected chi connectivity index (χ3v) is 3.59. The highest BCUT2D eigenvalue weighted by atomic mass is 15.2. The molecule has 2 nitrogen and oxygen atoms in total. The Hall–Kier alpha value is -1.18. The zero-order valence-electron chi connectivity index (χ0n) is 10.7. The zero-order valence-corrected chi connectivity index (χ0v) is 10.7. The number of nitrogens with zero attached hydrogens (tertiary/aromatic N) is 1. The van der Waals surface area contributed by atoms with Crippen LogP contribution in [0.1, 0.15) is 38.7 Å². The minimum atomic E-state index is 0.579. The highest BCUT2D eigenvalue weighted by molar-refractivity contribution is 5.76. The lowest BCUT2D eigenvalue weighted by Crippen LogP contribution is -2.41. The predicted octanol–water partition coefficient (Wildman–Crippen LogP) is 3.45. The fourth-order valence-electron chi connectivity index (χ4n) is 2.53. The van der Waals surface area contributed by atoms with Crippen LogP contribution in [-0.4, -0.2) is 19.6 Å². The number of anilines is 2. The van der Waals surface area contributed by atoms with E-state index in [1.807, 2.05) is 0 Å². The van der Waals surface area contributed by atoms with Crippen LogP contribution in [0.5, 0.6) is 0 Å². The first kappa shape index (κ1) is 11.3. The molecule has 1 unspecified atom stereocenters. The lowest BCUT2D eigenvalue weighted by Gasteiger charge is -2.38. The van der Waals surface area contributed by atoms with Gasteiger partial charge in [0.1, 0.15) is 0 Å². The van der Waals surface area contributed by atoms with Crippen LogP contribution >= 0.6 is 0 Å². The van der Waals surface area contributed by atoms with Crippen LogP contribution in [0.15, 0.2) is 18.2 Å². The number of fused-ring (bicyclic) bond motifs is 1. The van der Waals surface area contributed by atoms with Crippen molar-refractivity contribution in [3.63, 3.8) is 0 Å². The molecule has 1 aliphatic heterocycles. The number of rotatable bonds is 2. The SMILES string of the molecule is CCC1CNc2cccc(C(C)C)c2N1C. The molecule has 1 N–H and O–H groups in total. The van der Waals surface area contributed by atoms with Crippen molar-refractivity contribution >= 4 is 11.4 Å². The van der Waals surface area contributed by atoms with Crippen molar-refractivity contribution in [2.75, 3.05) is 23.8 Å². The van der Waals surface area contributed by atoms with E-state index in [1.165, 1.54) is 23.4 Å². The molecule has 0 saturated carbocycles. The third kappa shape index (κ3) is 1.77. The van der Waals surface area contributed by atoms with E-state index in [-0.39, 0.29) is 0 Å². The van der Waals surface area contributed by atoms with Crippen molar-refractivity contribution in [3.8, 4) is 0 Å². The van der Waals surface area contributed by atoms with E-state index >= 15 is 0 Å². The van der Waals surface area contributed by atoms with Gasteiger partial charge in [0.25, 0.3) is 0 Å². The number of likely N-dealkylation sites (N-methyl/N-ethyl adjacent to an activating group) is 1. The molecular formula is C14H22N2. The fourth-order valence-corrected chi connectivity index (χ4v) is 2.53. The molecule has 1 aliphatic rings. The van der Waals surface area contributed by atoms with Gasteiger partial charge in [0.05, 0.1) is 11.4 Å². The second kappa shape index (κ2) is 4.36. The van der Waals surface area contributed by atoms with Gasteiger partial charge < -0.3 is 10.2 Å². The monoisotopic (exact) mass is 218 g/mol. The largest absolute Gasteiger partial charge is 0.381 e. The zero-order chi connectivity index (χ0) is 11.7. The molecule has 16 heavy (non-hydrogen) atoms. The van der Waals surface area contributed by atoms with Crippen LogP contribution < -0.4 is 10.2 Å². The van der Waals surface area contributed by atoms with Gasteiger partial charge in [0, 0.05) is 19.6 Å². The highest BCUT2D eigenvalue weighted by Gasteiger charge is 2.24. The molecule has 0 amide bonds. The summed E-state index contributed by atoms with van der Waals surface area (Å²) >= 11 is 0. The first-order valence-electron chi connectivity index (χ1n) is 6.24. The smallest absolute Gasteiger partial charge is 0.0637 e. The Labute approximate surface area is 98.7 Å². The van der Waals surface area contributed by atoms with E-state index in [4.69, 9.17) is 0 Å². The maximum absolute atomic E-state index is 3.55. The molecule has 88 valence electrons. The Balaban J connectivity index is 2.47. The summed E-state index contributed by atoms with van der Waals surface area (Å²) in [4.78, 5) is 2.45. The van der Waals surface area contributed by atoms with E-state index < -0.39 is 0 Å². The summed E-state index contributed by atoms with van der Waals surface area (Å²) in [5, 5.41) is 3.55. The van der Waals surface area contributed by atoms with E-state index in [9.17, 15) is 0 Å². The molecule has 2 rings (SSSR count). The van der Waals surface area contributed by atoms with Crippen molar-refractivity contribution in [2.45, 2.75) is 39.2 Å². The van der Waals surface area contributed by atoms with Gasteiger partial charge in [-0.1, -0.05) is 32.9 Å². The minimum absolute atomic E-state index is 0.579. The van der Waals surface area contributed by atoms with Gasteiger partial charge in [-0.05, 0) is 24.0 Å². The van der Waals surface area contributed by atoms with Crippen molar-refractivity contribution in [1.82, 2.24) is 0 Å². The normalized spacial score (nSPS) is 19.6. The van der Waals surface area contributed by atoms with Gasteiger partial charge in [0.15, 0.2) is 0 Å². The third-order valence-electron chi connectivity index (χ3n) is 3.59. The van der Waals surface area contributed by atoms with Gasteiger partial charge in [-0.2, -0.15) is 0 Å². The molecule has 0 bridgehead atoms. The highest BCUT2D eigenvalue weighted by Crippen LogP contribution is 2.37. The van der Waals surface area contributed by atoms with Gasteiger partial charge >= 0.3 is 0 Å². The Morgan fingerprint density at radius 2 is 2.19 bits per heavy atom. The Kier molecular flexibility index (Phi) is 3.08. The van der Waals surface area contributed by atoms with E-state index in [0.29, 0.717) is 12.0 Å². The molecule has 1 heterocycles. The average Bonchev–Trinajstić information content (AvgIpc) is 2.29. The van der Waals surface area contributed by atoms with Gasteiger partial charge in [0.2, 0.25) is 0 Å². The maximum atomic E-state index is 3.55. The van der Waals surface area contributed by atoms with E-state index in [0.717, 1.165) is 6.54 Å². The second-order valence-corrected chi connectivity index (χ2v) is 4.95. The van der Waals surface area contributed by atoms with Crippen molar-refractivity contribution in [1.29, 1.82) is 0 Å². The summed E-state index contributed by atoms with van der Waals surface area (Å²) in [7, 11) is 2.22. The molecule has 0 aromatic heterocycles. The summed E-state index contributed by atoms with van der Waals surface area (Å²) in [5.41, 5.74) is 4.14. The van der Waals surface area contributed by atoms with Crippen molar-refractivity contribution in [2.24, 2.45) is 0 Å². The van der Waals surface area contributed by atoms with Crippen LogP contribution in [0.4, 0.5) is 11.4 Å². The molecule has 0 fully saturated rings. The lowest BCUT2D eigenvalue weighted by molar-refractivity contribution is 0.618. The van der Waals surface area contributed by atoms with Crippen LogP contribution in [-0.2, 0) is 0 Å². The lowest BCUT2D eigenvalue weighted by atomic mass is 9.96. The quantitative estimate of drug-likeness (QED) is 0.818. The molecule has 0 saturated heterocycles. The van der Waals surface area contributed by atoms with Gasteiger partial charge in [-0.25, -0.2) is 0 Å². The Bertz CT molecular complexity index is 371. The minimum Gasteiger partial charge on any atom is -0.381 e. The number of para-hydroxylation sites is 1. The summed E-state index contributed by atoms with van der Waals surface area (Å²) < 4.78 is 0. The average molecular weight is 218 g/mol. The molecule has 0 radical (unpaired) electrons. The Morgan fingerprint density at radius 1 is 1.44 bits per heavy atom. The number of hydrogen-bond donors (Lipinski definition) is 1. The van der Waals surface area contributed by atoms with Crippen LogP contribution in [0.25, 0.3) is 0 Å². The molecular weight excluding hydrogens is 196 g/mol. The van der Waals surface area contributed by atoms with Crippen LogP contribution in [0.3, 0.4) is 0 Å². The number of benzene rings is 1. The molecule has 0 aliphatic carbocycles. The molecule has 1 atom stereocenters. The van der Waals surface area contributed by atoms with Gasteiger partial charge in [-0.3, -0.25) is 0 Å². The fraction of sp³-hybridized carbons (Fsp3) is 0.571. The van der Waals surface area contributed by atoms with Crippen LogP contribution in [0.2, 0.25) is 0 Å². The summed E-state index contributed by atoms with van der Waals surface area (Å²) in [6, 6.07) is 7.21.